The maximum Gasteiger partial charge on any atom is 0.261 e. The van der Waals surface area contributed by atoms with Crippen molar-refractivity contribution in [2.45, 2.75) is 56.5 Å². The van der Waals surface area contributed by atoms with E-state index in [0.717, 1.165) is 37.0 Å². The standard InChI is InChI=1S/C32H35ClFN3O5S/c1-23(32(39)35-20-19-24-5-3-2-4-6-24)37(21-25-7-9-26(33)10-8-25)31(38)22-42-29-15-17-30(18-16-29)43(40,41)36-28-13-11-27(34)12-14-28/h5,7-18,23,36H,2-4,6,19-22H2,1H3,(H,35,39). The van der Waals surface area contributed by atoms with Gasteiger partial charge in [0.1, 0.15) is 17.6 Å². The van der Waals surface area contributed by atoms with E-state index in [1.165, 1.54) is 59.7 Å². The van der Waals surface area contributed by atoms with E-state index >= 15 is 0 Å². The summed E-state index contributed by atoms with van der Waals surface area (Å²) in [5, 5.41) is 3.52. The first-order valence-electron chi connectivity index (χ1n) is 14.1. The van der Waals surface area contributed by atoms with Crippen LogP contribution in [0, 0.1) is 5.82 Å². The summed E-state index contributed by atoms with van der Waals surface area (Å²) >= 11 is 6.02. The zero-order valence-corrected chi connectivity index (χ0v) is 25.5. The molecule has 1 aliphatic carbocycles. The largest absolute Gasteiger partial charge is 0.484 e. The summed E-state index contributed by atoms with van der Waals surface area (Å²) in [5.74, 6) is -0.879. The summed E-state index contributed by atoms with van der Waals surface area (Å²) in [6, 6.07) is 16.8. The Bertz CT molecular complexity index is 1530. The molecule has 2 amide bonds. The molecule has 1 unspecified atom stereocenters. The minimum atomic E-state index is -3.92. The number of sulfonamides is 1. The Kier molecular flexibility index (Phi) is 11.2. The predicted molar refractivity (Wildman–Crippen MR) is 165 cm³/mol. The third-order valence-electron chi connectivity index (χ3n) is 7.16. The van der Waals surface area contributed by atoms with Gasteiger partial charge in [-0.25, -0.2) is 12.8 Å². The molecule has 1 aliphatic rings. The highest BCUT2D eigenvalue weighted by atomic mass is 35.5. The molecular weight excluding hydrogens is 593 g/mol. The lowest BCUT2D eigenvalue weighted by molar-refractivity contribution is -0.142. The molecule has 8 nitrogen and oxygen atoms in total. The molecule has 3 aromatic carbocycles. The lowest BCUT2D eigenvalue weighted by Gasteiger charge is -2.29. The van der Waals surface area contributed by atoms with E-state index in [2.05, 4.69) is 16.1 Å². The van der Waals surface area contributed by atoms with E-state index in [-0.39, 0.29) is 35.4 Å². The lowest BCUT2D eigenvalue weighted by atomic mass is 9.97. The molecular formula is C32H35ClFN3O5S. The van der Waals surface area contributed by atoms with Gasteiger partial charge in [-0.15, -0.1) is 0 Å². The van der Waals surface area contributed by atoms with Crippen molar-refractivity contribution in [2.24, 2.45) is 0 Å². The van der Waals surface area contributed by atoms with Crippen molar-refractivity contribution in [3.8, 4) is 5.75 Å². The molecule has 4 rings (SSSR count). The van der Waals surface area contributed by atoms with E-state index in [0.29, 0.717) is 11.6 Å². The number of benzene rings is 3. The van der Waals surface area contributed by atoms with Crippen LogP contribution in [-0.4, -0.2) is 44.3 Å². The molecule has 0 radical (unpaired) electrons. The highest BCUT2D eigenvalue weighted by Gasteiger charge is 2.26. The molecule has 11 heteroatoms. The van der Waals surface area contributed by atoms with E-state index in [1.54, 1.807) is 31.2 Å². The summed E-state index contributed by atoms with van der Waals surface area (Å²) in [6.07, 6.45) is 7.55. The Morgan fingerprint density at radius 2 is 1.70 bits per heavy atom. The smallest absolute Gasteiger partial charge is 0.261 e. The number of carbonyl (C=O) groups is 2. The van der Waals surface area contributed by atoms with Gasteiger partial charge in [0, 0.05) is 23.8 Å². The number of amides is 2. The predicted octanol–water partition coefficient (Wildman–Crippen LogP) is 6.08. The monoisotopic (exact) mass is 627 g/mol. The molecule has 0 bridgehead atoms. The van der Waals surface area contributed by atoms with Gasteiger partial charge in [-0.2, -0.15) is 0 Å². The highest BCUT2D eigenvalue weighted by molar-refractivity contribution is 7.92. The molecule has 43 heavy (non-hydrogen) atoms. The van der Waals surface area contributed by atoms with Crippen molar-refractivity contribution in [1.29, 1.82) is 0 Å². The number of ether oxygens (including phenoxy) is 1. The zero-order valence-electron chi connectivity index (χ0n) is 23.9. The van der Waals surface area contributed by atoms with Gasteiger partial charge in [-0.3, -0.25) is 14.3 Å². The Labute approximate surface area is 256 Å². The summed E-state index contributed by atoms with van der Waals surface area (Å²) in [4.78, 5) is 27.8. The lowest BCUT2D eigenvalue weighted by Crippen LogP contribution is -2.49. The van der Waals surface area contributed by atoms with Gasteiger partial charge in [-0.05, 0) is 105 Å². The average molecular weight is 628 g/mol. The van der Waals surface area contributed by atoms with Crippen LogP contribution in [0.4, 0.5) is 10.1 Å². The molecule has 228 valence electrons. The van der Waals surface area contributed by atoms with Gasteiger partial charge in [0.25, 0.3) is 15.9 Å². The van der Waals surface area contributed by atoms with Crippen molar-refractivity contribution < 1.29 is 27.1 Å². The molecule has 0 spiro atoms. The average Bonchev–Trinajstić information content (AvgIpc) is 3.01. The molecule has 0 aromatic heterocycles. The van der Waals surface area contributed by atoms with Gasteiger partial charge in [0.2, 0.25) is 5.91 Å². The number of halogens is 2. The Hall–Kier alpha value is -3.89. The maximum absolute atomic E-state index is 13.4. The van der Waals surface area contributed by atoms with Crippen LogP contribution >= 0.6 is 11.6 Å². The molecule has 2 N–H and O–H groups in total. The van der Waals surface area contributed by atoms with E-state index < -0.39 is 27.8 Å². The number of carbonyl (C=O) groups excluding carboxylic acids is 2. The normalized spacial score (nSPS) is 13.9. The SMILES string of the molecule is CC(C(=O)NCCC1=CCCCC1)N(Cc1ccc(Cl)cc1)C(=O)COc1ccc(S(=O)(=O)Nc2ccc(F)cc2)cc1. The van der Waals surface area contributed by atoms with Crippen LogP contribution in [0.15, 0.2) is 89.3 Å². The van der Waals surface area contributed by atoms with E-state index in [1.807, 2.05) is 0 Å². The number of hydrogen-bond donors (Lipinski definition) is 2. The first-order valence-corrected chi connectivity index (χ1v) is 16.0. The first kappa shape index (κ1) is 32.0. The minimum absolute atomic E-state index is 0.0332. The first-order chi connectivity index (χ1) is 20.6. The molecule has 1 atom stereocenters. The van der Waals surface area contributed by atoms with Crippen molar-refractivity contribution >= 4 is 39.1 Å². The highest BCUT2D eigenvalue weighted by Crippen LogP contribution is 2.21. The molecule has 0 aliphatic heterocycles. The van der Waals surface area contributed by atoms with Crippen molar-refractivity contribution in [2.75, 3.05) is 17.9 Å². The third-order valence-corrected chi connectivity index (χ3v) is 8.81. The zero-order chi connectivity index (χ0) is 30.8. The fourth-order valence-corrected chi connectivity index (χ4v) is 5.85. The molecule has 3 aromatic rings. The molecule has 0 saturated heterocycles. The fourth-order valence-electron chi connectivity index (χ4n) is 4.67. The Morgan fingerprint density at radius 3 is 2.35 bits per heavy atom. The summed E-state index contributed by atoms with van der Waals surface area (Å²) in [5.41, 5.74) is 2.37. The van der Waals surface area contributed by atoms with Crippen LogP contribution in [0.25, 0.3) is 0 Å². The molecule has 0 fully saturated rings. The van der Waals surface area contributed by atoms with Crippen molar-refractivity contribution in [1.82, 2.24) is 10.2 Å². The summed E-state index contributed by atoms with van der Waals surface area (Å²) < 4.78 is 46.6. The van der Waals surface area contributed by atoms with Crippen LogP contribution in [0.2, 0.25) is 5.02 Å². The fraction of sp³-hybridized carbons (Fsp3) is 0.312. The van der Waals surface area contributed by atoms with E-state index in [9.17, 15) is 22.4 Å². The van der Waals surface area contributed by atoms with Crippen LogP contribution in [0.1, 0.15) is 44.6 Å². The van der Waals surface area contributed by atoms with Gasteiger partial charge in [0.05, 0.1) is 4.90 Å². The summed E-state index contributed by atoms with van der Waals surface area (Å²) in [7, 11) is -3.92. The number of rotatable bonds is 13. The second-order valence-corrected chi connectivity index (χ2v) is 12.5. The van der Waals surface area contributed by atoms with Gasteiger partial charge in [-0.1, -0.05) is 35.4 Å². The number of allylic oxidation sites excluding steroid dienone is 1. The summed E-state index contributed by atoms with van der Waals surface area (Å²) in [6.45, 7) is 1.99. The van der Waals surface area contributed by atoms with Crippen LogP contribution in [0.3, 0.4) is 0 Å². The van der Waals surface area contributed by atoms with E-state index in [4.69, 9.17) is 16.3 Å². The van der Waals surface area contributed by atoms with Gasteiger partial charge >= 0.3 is 0 Å². The Balaban J connectivity index is 1.38. The van der Waals surface area contributed by atoms with Crippen molar-refractivity contribution in [3.63, 3.8) is 0 Å². The maximum atomic E-state index is 13.4. The number of nitrogens with zero attached hydrogens (tertiary/aromatic N) is 1. The van der Waals surface area contributed by atoms with Gasteiger partial charge < -0.3 is 15.0 Å². The topological polar surface area (TPSA) is 105 Å². The minimum Gasteiger partial charge on any atom is -0.484 e. The Morgan fingerprint density at radius 1 is 1.00 bits per heavy atom. The van der Waals surface area contributed by atoms with Crippen LogP contribution in [-0.2, 0) is 26.2 Å². The third kappa shape index (κ3) is 9.56. The quantitative estimate of drug-likeness (QED) is 0.223. The number of hydrogen-bond acceptors (Lipinski definition) is 5. The van der Waals surface area contributed by atoms with Crippen LogP contribution in [0.5, 0.6) is 5.75 Å². The molecule has 0 saturated carbocycles. The van der Waals surface area contributed by atoms with Gasteiger partial charge in [0.15, 0.2) is 6.61 Å². The number of nitrogens with one attached hydrogen (secondary N) is 2. The van der Waals surface area contributed by atoms with Crippen molar-refractivity contribution in [3.05, 3.63) is 101 Å². The van der Waals surface area contributed by atoms with Crippen LogP contribution < -0.4 is 14.8 Å². The molecule has 0 heterocycles. The second kappa shape index (κ2) is 15.0. The second-order valence-electron chi connectivity index (χ2n) is 10.3. The number of anilines is 1.